The molecule has 0 aliphatic heterocycles. The van der Waals surface area contributed by atoms with Crippen molar-refractivity contribution in [1.29, 1.82) is 0 Å². The molecule has 94 valence electrons. The van der Waals surface area contributed by atoms with Crippen molar-refractivity contribution in [3.63, 3.8) is 0 Å². The Labute approximate surface area is 108 Å². The van der Waals surface area contributed by atoms with Gasteiger partial charge < -0.3 is 9.67 Å². The van der Waals surface area contributed by atoms with Crippen molar-refractivity contribution in [2.75, 3.05) is 0 Å². The SMILES string of the molecule is CCC(c1cccs1)n1cc(C(=O)O)ccc1=O. The highest BCUT2D eigenvalue weighted by atomic mass is 32.1. The summed E-state index contributed by atoms with van der Waals surface area (Å²) in [4.78, 5) is 23.9. The Morgan fingerprint density at radius 3 is 2.78 bits per heavy atom. The lowest BCUT2D eigenvalue weighted by Crippen LogP contribution is -2.24. The van der Waals surface area contributed by atoms with E-state index in [2.05, 4.69) is 0 Å². The summed E-state index contributed by atoms with van der Waals surface area (Å²) < 4.78 is 1.50. The molecule has 0 aliphatic rings. The largest absolute Gasteiger partial charge is 0.478 e. The molecular formula is C13H13NO3S. The molecule has 0 fully saturated rings. The van der Waals surface area contributed by atoms with Crippen molar-refractivity contribution in [2.24, 2.45) is 0 Å². The molecule has 2 aromatic rings. The molecule has 0 radical (unpaired) electrons. The van der Waals surface area contributed by atoms with Gasteiger partial charge >= 0.3 is 5.97 Å². The molecule has 2 aromatic heterocycles. The van der Waals surface area contributed by atoms with E-state index in [0.29, 0.717) is 0 Å². The average molecular weight is 263 g/mol. The van der Waals surface area contributed by atoms with Crippen molar-refractivity contribution < 1.29 is 9.90 Å². The van der Waals surface area contributed by atoms with E-state index in [-0.39, 0.29) is 17.2 Å². The van der Waals surface area contributed by atoms with Crippen LogP contribution in [0.2, 0.25) is 0 Å². The lowest BCUT2D eigenvalue weighted by Gasteiger charge is -2.17. The van der Waals surface area contributed by atoms with Crippen molar-refractivity contribution >= 4 is 17.3 Å². The van der Waals surface area contributed by atoms with Crippen LogP contribution in [0.1, 0.15) is 34.6 Å². The first kappa shape index (κ1) is 12.6. The molecule has 5 heteroatoms. The molecule has 0 saturated carbocycles. The molecule has 2 heterocycles. The van der Waals surface area contributed by atoms with Crippen LogP contribution in [0.15, 0.2) is 40.6 Å². The Morgan fingerprint density at radius 1 is 1.44 bits per heavy atom. The Balaban J connectivity index is 2.51. The number of carbonyl (C=O) groups is 1. The van der Waals surface area contributed by atoms with Crippen LogP contribution in [-0.4, -0.2) is 15.6 Å². The van der Waals surface area contributed by atoms with Gasteiger partial charge in [-0.3, -0.25) is 4.79 Å². The van der Waals surface area contributed by atoms with E-state index in [1.54, 1.807) is 11.3 Å². The number of carboxylic acid groups (broad SMARTS) is 1. The average Bonchev–Trinajstić information content (AvgIpc) is 2.86. The number of aromatic carboxylic acids is 1. The summed E-state index contributed by atoms with van der Waals surface area (Å²) in [6.07, 6.45) is 2.15. The molecule has 0 bridgehead atoms. The monoisotopic (exact) mass is 263 g/mol. The summed E-state index contributed by atoms with van der Waals surface area (Å²) in [5, 5.41) is 10.9. The Hall–Kier alpha value is -1.88. The molecule has 1 unspecified atom stereocenters. The first-order valence-corrected chi connectivity index (χ1v) is 6.50. The second-order valence-corrected chi connectivity index (χ2v) is 4.89. The highest BCUT2D eigenvalue weighted by molar-refractivity contribution is 7.10. The van der Waals surface area contributed by atoms with Crippen molar-refractivity contribution in [2.45, 2.75) is 19.4 Å². The van der Waals surface area contributed by atoms with E-state index in [4.69, 9.17) is 5.11 Å². The third-order valence-electron chi connectivity index (χ3n) is 2.78. The van der Waals surface area contributed by atoms with Gasteiger partial charge in [0.25, 0.3) is 5.56 Å². The van der Waals surface area contributed by atoms with E-state index in [1.165, 1.54) is 22.9 Å². The number of hydrogen-bond acceptors (Lipinski definition) is 3. The highest BCUT2D eigenvalue weighted by Gasteiger charge is 2.15. The van der Waals surface area contributed by atoms with Gasteiger partial charge in [0.05, 0.1) is 11.6 Å². The zero-order valence-electron chi connectivity index (χ0n) is 9.87. The first-order valence-electron chi connectivity index (χ1n) is 5.62. The third kappa shape index (κ3) is 2.36. The predicted molar refractivity (Wildman–Crippen MR) is 70.4 cm³/mol. The van der Waals surface area contributed by atoms with Gasteiger partial charge in [-0.1, -0.05) is 13.0 Å². The lowest BCUT2D eigenvalue weighted by molar-refractivity contribution is 0.0695. The molecule has 18 heavy (non-hydrogen) atoms. The fraction of sp³-hybridized carbons (Fsp3) is 0.231. The predicted octanol–water partition coefficient (Wildman–Crippen LogP) is 2.61. The maximum atomic E-state index is 11.9. The molecule has 0 aliphatic carbocycles. The first-order chi connectivity index (χ1) is 8.63. The van der Waals surface area contributed by atoms with Crippen LogP contribution in [0.5, 0.6) is 0 Å². The van der Waals surface area contributed by atoms with E-state index in [0.717, 1.165) is 11.3 Å². The van der Waals surface area contributed by atoms with Gasteiger partial charge in [-0.05, 0) is 23.9 Å². The smallest absolute Gasteiger partial charge is 0.337 e. The van der Waals surface area contributed by atoms with E-state index < -0.39 is 5.97 Å². The molecule has 0 amide bonds. The lowest BCUT2D eigenvalue weighted by atomic mass is 10.1. The number of thiophene rings is 1. The number of pyridine rings is 1. The second kappa shape index (κ2) is 5.18. The van der Waals surface area contributed by atoms with Crippen LogP contribution in [0.4, 0.5) is 0 Å². The fourth-order valence-electron chi connectivity index (χ4n) is 1.89. The minimum atomic E-state index is -1.02. The van der Waals surface area contributed by atoms with Crippen molar-refractivity contribution in [3.05, 3.63) is 56.6 Å². The number of aromatic nitrogens is 1. The Morgan fingerprint density at radius 2 is 2.22 bits per heavy atom. The zero-order chi connectivity index (χ0) is 13.1. The summed E-state index contributed by atoms with van der Waals surface area (Å²) in [7, 11) is 0. The quantitative estimate of drug-likeness (QED) is 0.922. The van der Waals surface area contributed by atoms with E-state index >= 15 is 0 Å². The summed E-state index contributed by atoms with van der Waals surface area (Å²) in [6.45, 7) is 1.98. The van der Waals surface area contributed by atoms with E-state index in [1.807, 2.05) is 24.4 Å². The van der Waals surface area contributed by atoms with Crippen LogP contribution in [-0.2, 0) is 0 Å². The summed E-state index contributed by atoms with van der Waals surface area (Å²) in [5.41, 5.74) is -0.0511. The van der Waals surface area contributed by atoms with Gasteiger partial charge in [-0.25, -0.2) is 4.79 Å². The van der Waals surface area contributed by atoms with Gasteiger partial charge in [0, 0.05) is 17.1 Å². The van der Waals surface area contributed by atoms with Crippen molar-refractivity contribution in [1.82, 2.24) is 4.57 Å². The van der Waals surface area contributed by atoms with Gasteiger partial charge in [0.1, 0.15) is 0 Å². The molecule has 2 rings (SSSR count). The van der Waals surface area contributed by atoms with Crippen molar-refractivity contribution in [3.8, 4) is 0 Å². The zero-order valence-corrected chi connectivity index (χ0v) is 10.7. The number of nitrogens with zero attached hydrogens (tertiary/aromatic N) is 1. The van der Waals surface area contributed by atoms with Gasteiger partial charge in [0.2, 0.25) is 0 Å². The molecular weight excluding hydrogens is 250 g/mol. The summed E-state index contributed by atoms with van der Waals surface area (Å²) in [5.74, 6) is -1.02. The van der Waals surface area contributed by atoms with Gasteiger partial charge in [-0.2, -0.15) is 0 Å². The van der Waals surface area contributed by atoms with Crippen LogP contribution < -0.4 is 5.56 Å². The third-order valence-corrected chi connectivity index (χ3v) is 3.75. The molecule has 0 saturated heterocycles. The maximum absolute atomic E-state index is 11.9. The van der Waals surface area contributed by atoms with Crippen LogP contribution in [0, 0.1) is 0 Å². The molecule has 0 spiro atoms. The normalized spacial score (nSPS) is 12.3. The Bertz CT molecular complexity index is 601. The van der Waals surface area contributed by atoms with Crippen LogP contribution >= 0.6 is 11.3 Å². The maximum Gasteiger partial charge on any atom is 0.337 e. The number of hydrogen-bond donors (Lipinski definition) is 1. The standard InChI is InChI=1S/C13H13NO3S/c1-2-10(11-4-3-7-18-11)14-8-9(13(16)17)5-6-12(14)15/h3-8,10H,2H2,1H3,(H,16,17). The highest BCUT2D eigenvalue weighted by Crippen LogP contribution is 2.24. The molecule has 0 aromatic carbocycles. The van der Waals surface area contributed by atoms with Gasteiger partial charge in [0.15, 0.2) is 0 Å². The summed E-state index contributed by atoms with van der Waals surface area (Å²) >= 11 is 1.57. The minimum Gasteiger partial charge on any atom is -0.478 e. The van der Waals surface area contributed by atoms with Crippen LogP contribution in [0.25, 0.3) is 0 Å². The molecule has 1 atom stereocenters. The van der Waals surface area contributed by atoms with Gasteiger partial charge in [-0.15, -0.1) is 11.3 Å². The van der Waals surface area contributed by atoms with E-state index in [9.17, 15) is 9.59 Å². The fourth-order valence-corrected chi connectivity index (χ4v) is 2.80. The Kier molecular flexibility index (Phi) is 3.62. The number of rotatable bonds is 4. The second-order valence-electron chi connectivity index (χ2n) is 3.91. The molecule has 1 N–H and O–H groups in total. The summed E-state index contributed by atoms with van der Waals surface area (Å²) in [6, 6.07) is 6.42. The number of carboxylic acids is 1. The minimum absolute atomic E-state index is 0.100. The topological polar surface area (TPSA) is 59.3 Å². The molecule has 4 nitrogen and oxygen atoms in total. The van der Waals surface area contributed by atoms with Crippen LogP contribution in [0.3, 0.4) is 0 Å².